The summed E-state index contributed by atoms with van der Waals surface area (Å²) in [4.78, 5) is 23.0. The van der Waals surface area contributed by atoms with Gasteiger partial charge in [0.2, 0.25) is 5.91 Å². The minimum Gasteiger partial charge on any atom is -0.480 e. The Labute approximate surface area is 133 Å². The molecule has 9 heteroatoms. The Bertz CT molecular complexity index is 662. The predicted octanol–water partition coefficient (Wildman–Crippen LogP) is 0.664. The van der Waals surface area contributed by atoms with Gasteiger partial charge >= 0.3 is 5.97 Å². The maximum absolute atomic E-state index is 12.4. The van der Waals surface area contributed by atoms with Crippen LogP contribution < -0.4 is 5.32 Å². The summed E-state index contributed by atoms with van der Waals surface area (Å²) >= 11 is 1.05. The Morgan fingerprint density at radius 1 is 1.36 bits per heavy atom. The van der Waals surface area contributed by atoms with Crippen molar-refractivity contribution in [2.75, 3.05) is 13.1 Å². The third-order valence-corrected chi connectivity index (χ3v) is 6.83. The van der Waals surface area contributed by atoms with E-state index in [0.717, 1.165) is 24.2 Å². The molecule has 0 aliphatic carbocycles. The molecule has 0 aromatic carbocycles. The number of rotatable bonds is 6. The highest BCUT2D eigenvalue weighted by atomic mass is 32.2. The van der Waals surface area contributed by atoms with Crippen molar-refractivity contribution in [3.8, 4) is 0 Å². The van der Waals surface area contributed by atoms with Crippen LogP contribution in [0.4, 0.5) is 0 Å². The number of nitrogens with one attached hydrogen (secondary N) is 1. The van der Waals surface area contributed by atoms with Crippen LogP contribution in [0, 0.1) is 0 Å². The molecule has 2 heterocycles. The Balaban J connectivity index is 2.02. The molecule has 1 amide bonds. The number of carboxylic acids is 1. The lowest BCUT2D eigenvalue weighted by Gasteiger charge is -2.13. The number of carbonyl (C=O) groups is 2. The van der Waals surface area contributed by atoms with Gasteiger partial charge in [-0.2, -0.15) is 4.31 Å². The number of hydrogen-bond donors (Lipinski definition) is 2. The highest BCUT2D eigenvalue weighted by Gasteiger charge is 2.28. The van der Waals surface area contributed by atoms with Crippen LogP contribution in [0.5, 0.6) is 0 Å². The monoisotopic (exact) mass is 346 g/mol. The van der Waals surface area contributed by atoms with Crippen molar-refractivity contribution in [1.29, 1.82) is 0 Å². The molecule has 0 saturated carbocycles. The first-order valence-corrected chi connectivity index (χ1v) is 9.17. The molecule has 1 fully saturated rings. The molecule has 0 radical (unpaired) electrons. The molecule has 1 atom stereocenters. The number of thiophene rings is 1. The van der Waals surface area contributed by atoms with E-state index in [-0.39, 0.29) is 10.6 Å². The van der Waals surface area contributed by atoms with E-state index in [1.54, 1.807) is 6.07 Å². The van der Waals surface area contributed by atoms with Gasteiger partial charge in [-0.1, -0.05) is 0 Å². The summed E-state index contributed by atoms with van der Waals surface area (Å²) in [6.45, 7) is 2.44. The molecular formula is C13H18N2O5S2. The zero-order valence-corrected chi connectivity index (χ0v) is 13.7. The largest absolute Gasteiger partial charge is 0.480 e. The summed E-state index contributed by atoms with van der Waals surface area (Å²) in [6.07, 6.45) is 1.71. The third-order valence-electron chi connectivity index (χ3n) is 3.38. The fourth-order valence-electron chi connectivity index (χ4n) is 2.16. The van der Waals surface area contributed by atoms with Gasteiger partial charge in [0, 0.05) is 18.0 Å². The van der Waals surface area contributed by atoms with E-state index in [4.69, 9.17) is 5.11 Å². The van der Waals surface area contributed by atoms with Crippen molar-refractivity contribution < 1.29 is 23.1 Å². The number of sulfonamides is 1. The second kappa shape index (κ2) is 6.76. The SMILES string of the molecule is C[C@@H](NC(=O)Cc1ccc(S(=O)(=O)N2CCCC2)s1)C(=O)O. The van der Waals surface area contributed by atoms with Crippen LogP contribution in [0.15, 0.2) is 16.3 Å². The number of amides is 1. The summed E-state index contributed by atoms with van der Waals surface area (Å²) in [5.74, 6) is -1.56. The molecule has 1 aliphatic rings. The minimum absolute atomic E-state index is 0.0300. The smallest absolute Gasteiger partial charge is 0.325 e. The highest BCUT2D eigenvalue weighted by Crippen LogP contribution is 2.27. The summed E-state index contributed by atoms with van der Waals surface area (Å²) in [5, 5.41) is 11.1. The van der Waals surface area contributed by atoms with Gasteiger partial charge in [-0.3, -0.25) is 9.59 Å². The van der Waals surface area contributed by atoms with Crippen LogP contribution in [0.25, 0.3) is 0 Å². The van der Waals surface area contributed by atoms with E-state index >= 15 is 0 Å². The van der Waals surface area contributed by atoms with Gasteiger partial charge in [0.1, 0.15) is 10.3 Å². The quantitative estimate of drug-likeness (QED) is 0.788. The lowest BCUT2D eigenvalue weighted by Crippen LogP contribution is -2.39. The van der Waals surface area contributed by atoms with Crippen LogP contribution in [-0.2, 0) is 26.0 Å². The molecule has 2 rings (SSSR count). The Morgan fingerprint density at radius 3 is 2.59 bits per heavy atom. The first kappa shape index (κ1) is 16.9. The number of hydrogen-bond acceptors (Lipinski definition) is 5. The zero-order valence-electron chi connectivity index (χ0n) is 12.1. The first-order chi connectivity index (χ1) is 10.3. The number of carbonyl (C=O) groups excluding carboxylic acids is 1. The van der Waals surface area contributed by atoms with E-state index in [9.17, 15) is 18.0 Å². The summed E-state index contributed by atoms with van der Waals surface area (Å²) in [7, 11) is -3.46. The lowest BCUT2D eigenvalue weighted by atomic mass is 10.3. The van der Waals surface area contributed by atoms with Crippen molar-refractivity contribution in [2.24, 2.45) is 0 Å². The molecule has 0 unspecified atom stereocenters. The first-order valence-electron chi connectivity index (χ1n) is 6.92. The van der Waals surface area contributed by atoms with Gasteiger partial charge in [0.25, 0.3) is 10.0 Å². The molecule has 7 nitrogen and oxygen atoms in total. The highest BCUT2D eigenvalue weighted by molar-refractivity contribution is 7.91. The maximum atomic E-state index is 12.4. The summed E-state index contributed by atoms with van der Waals surface area (Å²) in [6, 6.07) is 2.13. The van der Waals surface area contributed by atoms with Crippen LogP contribution >= 0.6 is 11.3 Å². The van der Waals surface area contributed by atoms with E-state index in [0.29, 0.717) is 18.0 Å². The van der Waals surface area contributed by atoms with Crippen molar-refractivity contribution in [3.05, 3.63) is 17.0 Å². The predicted molar refractivity (Wildman–Crippen MR) is 81.3 cm³/mol. The molecular weight excluding hydrogens is 328 g/mol. The van der Waals surface area contributed by atoms with Gasteiger partial charge in [-0.05, 0) is 31.9 Å². The van der Waals surface area contributed by atoms with Crippen LogP contribution in [0.3, 0.4) is 0 Å². The summed E-state index contributed by atoms with van der Waals surface area (Å²) in [5.41, 5.74) is 0. The van der Waals surface area contributed by atoms with Gasteiger partial charge in [-0.15, -0.1) is 11.3 Å². The van der Waals surface area contributed by atoms with Gasteiger partial charge in [-0.25, -0.2) is 8.42 Å². The fourth-order valence-corrected chi connectivity index (χ4v) is 5.19. The van der Waals surface area contributed by atoms with Crippen LogP contribution in [-0.4, -0.2) is 48.8 Å². The van der Waals surface area contributed by atoms with E-state index < -0.39 is 27.9 Å². The molecule has 0 bridgehead atoms. The standard InChI is InChI=1S/C13H18N2O5S2/c1-9(13(17)18)14-11(16)8-10-4-5-12(21-10)22(19,20)15-6-2-3-7-15/h4-5,9H,2-3,6-8H2,1H3,(H,14,16)(H,17,18)/t9-/m1/s1. The number of nitrogens with zero attached hydrogens (tertiary/aromatic N) is 1. The molecule has 1 aromatic heterocycles. The Morgan fingerprint density at radius 2 is 2.00 bits per heavy atom. The summed E-state index contributed by atoms with van der Waals surface area (Å²) < 4.78 is 26.4. The van der Waals surface area contributed by atoms with Crippen LogP contribution in [0.2, 0.25) is 0 Å². The molecule has 1 saturated heterocycles. The fraction of sp³-hybridized carbons (Fsp3) is 0.538. The van der Waals surface area contributed by atoms with Crippen molar-refractivity contribution in [2.45, 2.75) is 36.4 Å². The zero-order chi connectivity index (χ0) is 16.3. The average molecular weight is 346 g/mol. The molecule has 2 N–H and O–H groups in total. The topological polar surface area (TPSA) is 104 Å². The van der Waals surface area contributed by atoms with Crippen molar-refractivity contribution >= 4 is 33.2 Å². The Kier molecular flexibility index (Phi) is 5.20. The van der Waals surface area contributed by atoms with E-state index in [1.165, 1.54) is 17.3 Å². The van der Waals surface area contributed by atoms with Gasteiger partial charge in [0.15, 0.2) is 0 Å². The molecule has 1 aliphatic heterocycles. The average Bonchev–Trinajstić information content (AvgIpc) is 3.09. The number of aliphatic carboxylic acids is 1. The molecule has 122 valence electrons. The van der Waals surface area contributed by atoms with Gasteiger partial charge in [0.05, 0.1) is 6.42 Å². The third kappa shape index (κ3) is 3.84. The lowest BCUT2D eigenvalue weighted by molar-refractivity contribution is -0.141. The number of carboxylic acid groups (broad SMARTS) is 1. The molecule has 0 spiro atoms. The van der Waals surface area contributed by atoms with Crippen molar-refractivity contribution in [1.82, 2.24) is 9.62 Å². The van der Waals surface area contributed by atoms with E-state index in [2.05, 4.69) is 5.32 Å². The normalized spacial score (nSPS) is 17.3. The van der Waals surface area contributed by atoms with Crippen molar-refractivity contribution in [3.63, 3.8) is 0 Å². The molecule has 1 aromatic rings. The van der Waals surface area contributed by atoms with Gasteiger partial charge < -0.3 is 10.4 Å². The Hall–Kier alpha value is -1.45. The minimum atomic E-state index is -3.46. The second-order valence-corrected chi connectivity index (χ2v) is 8.47. The maximum Gasteiger partial charge on any atom is 0.325 e. The van der Waals surface area contributed by atoms with Crippen LogP contribution in [0.1, 0.15) is 24.6 Å². The van der Waals surface area contributed by atoms with E-state index in [1.807, 2.05) is 0 Å². The second-order valence-electron chi connectivity index (χ2n) is 5.14. The molecule has 22 heavy (non-hydrogen) atoms.